The number of benzene rings is 2. The Morgan fingerprint density at radius 3 is 2.57 bits per heavy atom. The fourth-order valence-electron chi connectivity index (χ4n) is 1.85. The van der Waals surface area contributed by atoms with Gasteiger partial charge < -0.3 is 10.8 Å². The Bertz CT molecular complexity index is 763. The molecule has 3 N–H and O–H groups in total. The van der Waals surface area contributed by atoms with Crippen molar-refractivity contribution in [1.29, 1.82) is 0 Å². The lowest BCUT2D eigenvalue weighted by Gasteiger charge is -2.17. The molecule has 0 unspecified atom stereocenters. The van der Waals surface area contributed by atoms with Crippen molar-refractivity contribution in [1.82, 2.24) is 4.31 Å². The maximum Gasteiger partial charge on any atom is 0.243 e. The molecule has 21 heavy (non-hydrogen) atoms. The molecule has 0 aromatic heterocycles. The molecule has 0 amide bonds. The zero-order valence-electron chi connectivity index (χ0n) is 11.3. The normalized spacial score (nSPS) is 11.8. The smallest absolute Gasteiger partial charge is 0.243 e. The van der Waals surface area contributed by atoms with E-state index in [1.54, 1.807) is 12.1 Å². The SMILES string of the molecule is CN(Cc1cccc(O)c1)S(=O)(=O)c1ccc(N)c(F)c1. The molecule has 0 aliphatic carbocycles. The highest BCUT2D eigenvalue weighted by molar-refractivity contribution is 7.89. The van der Waals surface area contributed by atoms with Crippen LogP contribution >= 0.6 is 0 Å². The van der Waals surface area contributed by atoms with E-state index in [0.29, 0.717) is 5.56 Å². The molecule has 5 nitrogen and oxygen atoms in total. The van der Waals surface area contributed by atoms with E-state index in [1.165, 1.54) is 31.3 Å². The third-order valence-corrected chi connectivity index (χ3v) is 4.80. The predicted octanol–water partition coefficient (Wildman–Crippen LogP) is 1.93. The van der Waals surface area contributed by atoms with Crippen LogP contribution in [-0.4, -0.2) is 24.9 Å². The Balaban J connectivity index is 2.28. The van der Waals surface area contributed by atoms with Gasteiger partial charge in [-0.05, 0) is 35.9 Å². The number of hydrogen-bond acceptors (Lipinski definition) is 4. The second kappa shape index (κ2) is 5.71. The van der Waals surface area contributed by atoms with Gasteiger partial charge in [0.2, 0.25) is 10.0 Å². The fourth-order valence-corrected chi connectivity index (χ4v) is 3.02. The van der Waals surface area contributed by atoms with E-state index in [1.807, 2.05) is 0 Å². The summed E-state index contributed by atoms with van der Waals surface area (Å²) in [5, 5.41) is 9.38. The Labute approximate surface area is 122 Å². The van der Waals surface area contributed by atoms with E-state index < -0.39 is 15.8 Å². The Morgan fingerprint density at radius 1 is 1.24 bits per heavy atom. The number of anilines is 1. The number of rotatable bonds is 4. The predicted molar refractivity (Wildman–Crippen MR) is 77.6 cm³/mol. The van der Waals surface area contributed by atoms with E-state index in [-0.39, 0.29) is 22.9 Å². The highest BCUT2D eigenvalue weighted by Gasteiger charge is 2.22. The second-order valence-corrected chi connectivity index (χ2v) is 6.66. The number of sulfonamides is 1. The van der Waals surface area contributed by atoms with E-state index in [9.17, 15) is 17.9 Å². The van der Waals surface area contributed by atoms with Crippen molar-refractivity contribution in [3.63, 3.8) is 0 Å². The van der Waals surface area contributed by atoms with Gasteiger partial charge in [0.15, 0.2) is 0 Å². The zero-order valence-corrected chi connectivity index (χ0v) is 12.1. The van der Waals surface area contributed by atoms with Gasteiger partial charge in [-0.1, -0.05) is 12.1 Å². The largest absolute Gasteiger partial charge is 0.508 e. The quantitative estimate of drug-likeness (QED) is 0.845. The molecule has 0 radical (unpaired) electrons. The highest BCUT2D eigenvalue weighted by atomic mass is 32.2. The van der Waals surface area contributed by atoms with Crippen LogP contribution in [0.2, 0.25) is 0 Å². The number of phenols is 1. The minimum Gasteiger partial charge on any atom is -0.508 e. The number of phenolic OH excluding ortho intramolecular Hbond substituents is 1. The Hall–Kier alpha value is -2.12. The molecule has 0 saturated carbocycles. The van der Waals surface area contributed by atoms with Crippen LogP contribution in [0.5, 0.6) is 5.75 Å². The number of aromatic hydroxyl groups is 1. The molecule has 0 atom stereocenters. The summed E-state index contributed by atoms with van der Waals surface area (Å²) >= 11 is 0. The maximum absolute atomic E-state index is 13.4. The lowest BCUT2D eigenvalue weighted by Crippen LogP contribution is -2.26. The summed E-state index contributed by atoms with van der Waals surface area (Å²) in [6.07, 6.45) is 0. The van der Waals surface area contributed by atoms with E-state index in [0.717, 1.165) is 10.4 Å². The van der Waals surface area contributed by atoms with Gasteiger partial charge in [-0.25, -0.2) is 12.8 Å². The summed E-state index contributed by atoms with van der Waals surface area (Å²) in [4.78, 5) is -0.170. The summed E-state index contributed by atoms with van der Waals surface area (Å²) in [5.41, 5.74) is 5.85. The van der Waals surface area contributed by atoms with Crippen LogP contribution in [0.15, 0.2) is 47.4 Å². The number of nitrogens with zero attached hydrogens (tertiary/aromatic N) is 1. The van der Waals surface area contributed by atoms with Crippen molar-refractivity contribution in [2.24, 2.45) is 0 Å². The lowest BCUT2D eigenvalue weighted by molar-refractivity contribution is 0.457. The maximum atomic E-state index is 13.4. The minimum absolute atomic E-state index is 0.0526. The molecule has 0 bridgehead atoms. The first-order chi connectivity index (χ1) is 9.80. The third-order valence-electron chi connectivity index (χ3n) is 3.00. The molecule has 0 saturated heterocycles. The molecule has 0 aliphatic heterocycles. The van der Waals surface area contributed by atoms with Gasteiger partial charge in [0.25, 0.3) is 0 Å². The van der Waals surface area contributed by atoms with Gasteiger partial charge >= 0.3 is 0 Å². The second-order valence-electron chi connectivity index (χ2n) is 4.61. The molecule has 0 aliphatic rings. The van der Waals surface area contributed by atoms with Gasteiger partial charge in [0.1, 0.15) is 11.6 Å². The average Bonchev–Trinajstić information content (AvgIpc) is 2.41. The molecule has 0 spiro atoms. The molecule has 7 heteroatoms. The molecule has 0 fully saturated rings. The van der Waals surface area contributed by atoms with Crippen molar-refractivity contribution in [3.8, 4) is 5.75 Å². The number of nitrogens with two attached hydrogens (primary N) is 1. The average molecular weight is 310 g/mol. The number of hydrogen-bond donors (Lipinski definition) is 2. The van der Waals surface area contributed by atoms with Crippen LogP contribution in [0.25, 0.3) is 0 Å². The number of halogens is 1. The molecular formula is C14H15FN2O3S. The van der Waals surface area contributed by atoms with E-state index in [2.05, 4.69) is 0 Å². The van der Waals surface area contributed by atoms with Crippen molar-refractivity contribution in [2.75, 3.05) is 12.8 Å². The van der Waals surface area contributed by atoms with Gasteiger partial charge in [0, 0.05) is 13.6 Å². The van der Waals surface area contributed by atoms with Gasteiger partial charge in [-0.15, -0.1) is 0 Å². The zero-order chi connectivity index (χ0) is 15.6. The minimum atomic E-state index is -3.83. The van der Waals surface area contributed by atoms with Crippen molar-refractivity contribution in [2.45, 2.75) is 11.4 Å². The lowest BCUT2D eigenvalue weighted by atomic mass is 10.2. The van der Waals surface area contributed by atoms with Crippen LogP contribution in [0.1, 0.15) is 5.56 Å². The summed E-state index contributed by atoms with van der Waals surface area (Å²) in [7, 11) is -2.45. The molecule has 112 valence electrons. The third kappa shape index (κ3) is 3.32. The summed E-state index contributed by atoms with van der Waals surface area (Å²) in [6.45, 7) is 0.0583. The van der Waals surface area contributed by atoms with Crippen molar-refractivity contribution >= 4 is 15.7 Å². The van der Waals surface area contributed by atoms with Crippen molar-refractivity contribution < 1.29 is 17.9 Å². The van der Waals surface area contributed by atoms with E-state index >= 15 is 0 Å². The van der Waals surface area contributed by atoms with Gasteiger partial charge in [-0.3, -0.25) is 0 Å². The van der Waals surface area contributed by atoms with Crippen LogP contribution in [0.3, 0.4) is 0 Å². The first-order valence-corrected chi connectivity index (χ1v) is 7.54. The van der Waals surface area contributed by atoms with Crippen LogP contribution in [0, 0.1) is 5.82 Å². The fraction of sp³-hybridized carbons (Fsp3) is 0.143. The summed E-state index contributed by atoms with van der Waals surface area (Å²) < 4.78 is 39.2. The molecule has 2 rings (SSSR count). The first kappa shape index (κ1) is 15.3. The highest BCUT2D eigenvalue weighted by Crippen LogP contribution is 2.21. The van der Waals surface area contributed by atoms with Crippen LogP contribution in [-0.2, 0) is 16.6 Å². The summed E-state index contributed by atoms with van der Waals surface area (Å²) in [6, 6.07) is 9.63. The molecular weight excluding hydrogens is 295 g/mol. The van der Waals surface area contributed by atoms with E-state index in [4.69, 9.17) is 5.73 Å². The summed E-state index contributed by atoms with van der Waals surface area (Å²) in [5.74, 6) is -0.723. The molecule has 2 aromatic carbocycles. The van der Waals surface area contributed by atoms with Crippen LogP contribution in [0.4, 0.5) is 10.1 Å². The van der Waals surface area contributed by atoms with Gasteiger partial charge in [0.05, 0.1) is 10.6 Å². The Morgan fingerprint density at radius 2 is 1.95 bits per heavy atom. The topological polar surface area (TPSA) is 83.6 Å². The number of nitrogen functional groups attached to an aromatic ring is 1. The first-order valence-electron chi connectivity index (χ1n) is 6.10. The van der Waals surface area contributed by atoms with Crippen LogP contribution < -0.4 is 5.73 Å². The van der Waals surface area contributed by atoms with Crippen molar-refractivity contribution in [3.05, 3.63) is 53.8 Å². The van der Waals surface area contributed by atoms with Gasteiger partial charge in [-0.2, -0.15) is 4.31 Å². The standard InChI is InChI=1S/C14H15FN2O3S/c1-17(9-10-3-2-4-11(18)7-10)21(19,20)12-5-6-14(16)13(15)8-12/h2-8,18H,9,16H2,1H3. The molecule has 2 aromatic rings. The monoisotopic (exact) mass is 310 g/mol. The molecule has 0 heterocycles. The Kier molecular flexibility index (Phi) is 4.15.